The predicted octanol–water partition coefficient (Wildman–Crippen LogP) is 2.66. The van der Waals surface area contributed by atoms with Gasteiger partial charge in [0.2, 0.25) is 0 Å². The third kappa shape index (κ3) is 2.13. The Balaban J connectivity index is 3.45. The van der Waals surface area contributed by atoms with E-state index in [4.69, 9.17) is 0 Å². The van der Waals surface area contributed by atoms with E-state index in [1.165, 1.54) is 0 Å². The van der Waals surface area contributed by atoms with Crippen LogP contribution < -0.4 is 5.73 Å². The maximum Gasteiger partial charge on any atom is 0.459 e. The van der Waals surface area contributed by atoms with Crippen LogP contribution in [0.15, 0.2) is 0 Å². The van der Waals surface area contributed by atoms with Crippen LogP contribution in [0, 0.1) is 0 Å². The summed E-state index contributed by atoms with van der Waals surface area (Å²) in [5.74, 6) is -7.20. The largest absolute Gasteiger partial charge is 0.459 e. The van der Waals surface area contributed by atoms with Crippen LogP contribution in [0.3, 0.4) is 0 Å². The number of H-pyrrole nitrogens is 1. The van der Waals surface area contributed by atoms with E-state index in [0.717, 1.165) is 5.10 Å². The SMILES string of the molecule is Nc1n[nH]c(C(F)(F)C(F)(F)F)c1C(F)(F)F. The second-order valence-electron chi connectivity index (χ2n) is 2.93. The number of nitrogen functional groups attached to an aromatic ring is 1. The minimum absolute atomic E-state index is 0.962. The van der Waals surface area contributed by atoms with Gasteiger partial charge in [0.15, 0.2) is 5.82 Å². The fourth-order valence-electron chi connectivity index (χ4n) is 1.01. The summed E-state index contributed by atoms with van der Waals surface area (Å²) in [4.78, 5) is 0. The second-order valence-corrected chi connectivity index (χ2v) is 2.93. The summed E-state index contributed by atoms with van der Waals surface area (Å²) in [7, 11) is 0. The van der Waals surface area contributed by atoms with Gasteiger partial charge in [0.1, 0.15) is 11.3 Å². The van der Waals surface area contributed by atoms with Crippen LogP contribution in [0.2, 0.25) is 0 Å². The van der Waals surface area contributed by atoms with E-state index < -0.39 is 35.4 Å². The maximum absolute atomic E-state index is 12.7. The Morgan fingerprint density at radius 2 is 1.41 bits per heavy atom. The third-order valence-corrected chi connectivity index (χ3v) is 1.75. The van der Waals surface area contributed by atoms with Gasteiger partial charge in [-0.05, 0) is 0 Å². The molecule has 98 valence electrons. The van der Waals surface area contributed by atoms with Gasteiger partial charge in [-0.2, -0.15) is 40.2 Å². The highest BCUT2D eigenvalue weighted by molar-refractivity contribution is 5.46. The molecule has 1 aromatic heterocycles. The number of anilines is 1. The molecular weight excluding hydrogens is 266 g/mol. The minimum Gasteiger partial charge on any atom is -0.382 e. The van der Waals surface area contributed by atoms with Gasteiger partial charge >= 0.3 is 18.3 Å². The van der Waals surface area contributed by atoms with Gasteiger partial charge in [-0.1, -0.05) is 0 Å². The third-order valence-electron chi connectivity index (χ3n) is 1.75. The van der Waals surface area contributed by atoms with E-state index in [9.17, 15) is 35.1 Å². The molecular formula is C6H3F8N3. The topological polar surface area (TPSA) is 54.7 Å². The first-order valence-electron chi connectivity index (χ1n) is 3.75. The molecule has 11 heteroatoms. The molecule has 0 aliphatic heterocycles. The molecule has 0 bridgehead atoms. The monoisotopic (exact) mass is 269 g/mol. The zero-order valence-corrected chi connectivity index (χ0v) is 7.55. The number of nitrogens with two attached hydrogens (primary N) is 1. The van der Waals surface area contributed by atoms with Gasteiger partial charge in [0.05, 0.1) is 0 Å². The lowest BCUT2D eigenvalue weighted by molar-refractivity contribution is -0.292. The number of alkyl halides is 8. The maximum atomic E-state index is 12.7. The summed E-state index contributed by atoms with van der Waals surface area (Å²) in [6.45, 7) is 0. The highest BCUT2D eigenvalue weighted by atomic mass is 19.4. The van der Waals surface area contributed by atoms with E-state index in [1.807, 2.05) is 0 Å². The number of hydrogen-bond donors (Lipinski definition) is 2. The molecule has 0 saturated heterocycles. The van der Waals surface area contributed by atoms with Crippen LogP contribution >= 0.6 is 0 Å². The second kappa shape index (κ2) is 3.47. The highest BCUT2D eigenvalue weighted by Crippen LogP contribution is 2.48. The summed E-state index contributed by atoms with van der Waals surface area (Å²) in [6.07, 6.45) is -11.7. The number of nitrogens with one attached hydrogen (secondary N) is 1. The van der Waals surface area contributed by atoms with Crippen LogP contribution in [-0.2, 0) is 12.1 Å². The summed E-state index contributed by atoms with van der Waals surface area (Å²) in [5, 5.41) is 3.48. The average Bonchev–Trinajstić information content (AvgIpc) is 2.44. The molecule has 1 aromatic rings. The summed E-state index contributed by atoms with van der Waals surface area (Å²) >= 11 is 0. The van der Waals surface area contributed by atoms with Crippen molar-refractivity contribution in [1.29, 1.82) is 0 Å². The quantitative estimate of drug-likeness (QED) is 0.770. The molecule has 0 atom stereocenters. The molecule has 0 amide bonds. The molecule has 0 aliphatic rings. The van der Waals surface area contributed by atoms with Gasteiger partial charge in [-0.25, -0.2) is 0 Å². The van der Waals surface area contributed by atoms with Crippen LogP contribution in [-0.4, -0.2) is 16.4 Å². The standard InChI is InChI=1S/C6H3F8N3/c7-4(8,6(12,13)14)2-1(5(9,10)11)3(15)17-16-2/h(H3,15,16,17). The number of nitrogens with zero attached hydrogens (tertiary/aromatic N) is 1. The first-order chi connectivity index (χ1) is 7.39. The first-order valence-corrected chi connectivity index (χ1v) is 3.75. The van der Waals surface area contributed by atoms with Crippen molar-refractivity contribution in [2.75, 3.05) is 5.73 Å². The van der Waals surface area contributed by atoms with Crippen molar-refractivity contribution in [2.45, 2.75) is 18.3 Å². The lowest BCUT2D eigenvalue weighted by atomic mass is 10.1. The van der Waals surface area contributed by atoms with Gasteiger partial charge in [-0.3, -0.25) is 5.10 Å². The molecule has 3 nitrogen and oxygen atoms in total. The Hall–Kier alpha value is -1.55. The summed E-state index contributed by atoms with van der Waals surface area (Å²) < 4.78 is 97.8. The van der Waals surface area contributed by atoms with Crippen molar-refractivity contribution in [3.8, 4) is 0 Å². The Kier molecular flexibility index (Phi) is 2.76. The van der Waals surface area contributed by atoms with E-state index >= 15 is 0 Å². The van der Waals surface area contributed by atoms with Crippen LogP contribution in [0.5, 0.6) is 0 Å². The fourth-order valence-corrected chi connectivity index (χ4v) is 1.01. The number of rotatable bonds is 1. The zero-order valence-electron chi connectivity index (χ0n) is 7.55. The van der Waals surface area contributed by atoms with Crippen molar-refractivity contribution in [1.82, 2.24) is 10.2 Å². The van der Waals surface area contributed by atoms with Gasteiger partial charge < -0.3 is 5.73 Å². The van der Waals surface area contributed by atoms with Crippen LogP contribution in [0.25, 0.3) is 0 Å². The van der Waals surface area contributed by atoms with E-state index in [-0.39, 0.29) is 0 Å². The molecule has 0 aromatic carbocycles. The van der Waals surface area contributed by atoms with Crippen molar-refractivity contribution in [3.63, 3.8) is 0 Å². The fraction of sp³-hybridized carbons (Fsp3) is 0.500. The molecule has 1 heterocycles. The molecule has 3 N–H and O–H groups in total. The Morgan fingerprint density at radius 3 is 1.76 bits per heavy atom. The first kappa shape index (κ1) is 13.5. The number of hydrogen-bond acceptors (Lipinski definition) is 2. The number of aromatic nitrogens is 2. The molecule has 0 spiro atoms. The molecule has 0 radical (unpaired) electrons. The normalized spacial score (nSPS) is 14.1. The molecule has 17 heavy (non-hydrogen) atoms. The van der Waals surface area contributed by atoms with Crippen LogP contribution in [0.1, 0.15) is 11.3 Å². The Bertz CT molecular complexity index is 414. The number of aromatic amines is 1. The number of halogens is 8. The van der Waals surface area contributed by atoms with E-state index in [2.05, 4.69) is 10.8 Å². The van der Waals surface area contributed by atoms with Gasteiger partial charge in [0, 0.05) is 0 Å². The smallest absolute Gasteiger partial charge is 0.382 e. The molecule has 0 saturated carbocycles. The Labute approximate surface area is 87.6 Å². The minimum atomic E-state index is -6.19. The zero-order chi connectivity index (χ0) is 13.6. The predicted molar refractivity (Wildman–Crippen MR) is 38.0 cm³/mol. The van der Waals surface area contributed by atoms with E-state index in [0.29, 0.717) is 0 Å². The molecule has 0 unspecified atom stereocenters. The van der Waals surface area contributed by atoms with E-state index in [1.54, 1.807) is 0 Å². The van der Waals surface area contributed by atoms with Crippen LogP contribution in [0.4, 0.5) is 40.9 Å². The summed E-state index contributed by atoms with van der Waals surface area (Å²) in [5.41, 5.74) is -0.136. The van der Waals surface area contributed by atoms with Crippen molar-refractivity contribution in [2.24, 2.45) is 0 Å². The van der Waals surface area contributed by atoms with Crippen molar-refractivity contribution >= 4 is 5.82 Å². The molecule has 0 aliphatic carbocycles. The summed E-state index contributed by atoms with van der Waals surface area (Å²) in [6, 6.07) is 0. The van der Waals surface area contributed by atoms with Crippen molar-refractivity contribution in [3.05, 3.63) is 11.3 Å². The van der Waals surface area contributed by atoms with Gasteiger partial charge in [0.25, 0.3) is 0 Å². The van der Waals surface area contributed by atoms with Gasteiger partial charge in [-0.15, -0.1) is 0 Å². The Morgan fingerprint density at radius 1 is 0.941 bits per heavy atom. The average molecular weight is 269 g/mol. The lowest BCUT2D eigenvalue weighted by Crippen LogP contribution is -2.36. The molecule has 1 rings (SSSR count). The van der Waals surface area contributed by atoms with Crippen molar-refractivity contribution < 1.29 is 35.1 Å². The lowest BCUT2D eigenvalue weighted by Gasteiger charge is -2.20. The highest BCUT2D eigenvalue weighted by Gasteiger charge is 2.63. The molecule has 0 fully saturated rings.